The van der Waals surface area contributed by atoms with Crippen molar-refractivity contribution in [3.8, 4) is 0 Å². The first-order chi connectivity index (χ1) is 9.56. The lowest BCUT2D eigenvalue weighted by Gasteiger charge is -2.32. The van der Waals surface area contributed by atoms with Gasteiger partial charge in [0.1, 0.15) is 0 Å². The van der Waals surface area contributed by atoms with Gasteiger partial charge in [0.2, 0.25) is 15.9 Å². The Hall–Kier alpha value is -1.15. The molecule has 1 aliphatic rings. The molecule has 1 aromatic heterocycles. The van der Waals surface area contributed by atoms with Gasteiger partial charge in [0.15, 0.2) is 0 Å². The first-order valence-corrected chi connectivity index (χ1v) is 8.73. The highest BCUT2D eigenvalue weighted by molar-refractivity contribution is 7.89. The van der Waals surface area contributed by atoms with Crippen LogP contribution in [-0.2, 0) is 16.4 Å². The largest absolute Gasteiger partial charge is 0.408 e. The minimum absolute atomic E-state index is 0.240. The Labute approximate surface area is 120 Å². The van der Waals surface area contributed by atoms with E-state index in [0.717, 1.165) is 6.42 Å². The predicted molar refractivity (Wildman–Crippen MR) is 76.2 cm³/mol. The number of anilines is 1. The maximum atomic E-state index is 12.1. The highest BCUT2D eigenvalue weighted by Crippen LogP contribution is 2.17. The Kier molecular flexibility index (Phi) is 4.98. The molecule has 20 heavy (non-hydrogen) atoms. The molecule has 0 amide bonds. The minimum Gasteiger partial charge on any atom is -0.408 e. The zero-order valence-electron chi connectivity index (χ0n) is 12.1. The second kappa shape index (κ2) is 6.53. The normalized spacial score (nSPS) is 17.6. The lowest BCUT2D eigenvalue weighted by atomic mass is 10.4. The Bertz CT molecular complexity index is 521. The fraction of sp³-hybridized carbons (Fsp3) is 0.833. The molecule has 0 unspecified atom stereocenters. The predicted octanol–water partition coefficient (Wildman–Crippen LogP) is 0.884. The number of rotatable bonds is 6. The molecule has 2 rings (SSSR count). The lowest BCUT2D eigenvalue weighted by Crippen LogP contribution is -2.49. The van der Waals surface area contributed by atoms with E-state index in [1.807, 2.05) is 18.7 Å². The number of piperazine rings is 1. The van der Waals surface area contributed by atoms with E-state index >= 15 is 0 Å². The van der Waals surface area contributed by atoms with Crippen LogP contribution in [0.3, 0.4) is 0 Å². The molecule has 0 aliphatic carbocycles. The van der Waals surface area contributed by atoms with Gasteiger partial charge >= 0.3 is 6.01 Å². The number of aryl methyl sites for hydroxylation is 1. The molecule has 0 atom stereocenters. The first kappa shape index (κ1) is 15.2. The van der Waals surface area contributed by atoms with Gasteiger partial charge in [-0.2, -0.15) is 4.31 Å². The number of hydrogen-bond donors (Lipinski definition) is 0. The Morgan fingerprint density at radius 1 is 1.15 bits per heavy atom. The summed E-state index contributed by atoms with van der Waals surface area (Å²) in [6.45, 7) is 6.10. The van der Waals surface area contributed by atoms with Gasteiger partial charge in [-0.15, -0.1) is 5.10 Å². The minimum atomic E-state index is -3.11. The van der Waals surface area contributed by atoms with E-state index in [1.54, 1.807) is 4.31 Å². The topological polar surface area (TPSA) is 79.5 Å². The number of unbranched alkanes of at least 4 members (excludes halogenated alkanes) is 1. The van der Waals surface area contributed by atoms with Crippen molar-refractivity contribution in [3.63, 3.8) is 0 Å². The molecular formula is C12H22N4O3S. The maximum Gasteiger partial charge on any atom is 0.318 e. The third-order valence-corrected chi connectivity index (χ3v) is 5.37. The molecule has 1 saturated heterocycles. The lowest BCUT2D eigenvalue weighted by molar-refractivity contribution is 0.368. The quantitative estimate of drug-likeness (QED) is 0.776. The summed E-state index contributed by atoms with van der Waals surface area (Å²) < 4.78 is 31.2. The van der Waals surface area contributed by atoms with Crippen LogP contribution >= 0.6 is 0 Å². The van der Waals surface area contributed by atoms with Crippen molar-refractivity contribution in [2.75, 3.05) is 36.8 Å². The molecule has 114 valence electrons. The van der Waals surface area contributed by atoms with E-state index < -0.39 is 10.0 Å². The molecule has 0 saturated carbocycles. The second-order valence-corrected chi connectivity index (χ2v) is 6.98. The van der Waals surface area contributed by atoms with Crippen LogP contribution < -0.4 is 4.90 Å². The van der Waals surface area contributed by atoms with Crippen LogP contribution in [0.5, 0.6) is 0 Å². The van der Waals surface area contributed by atoms with Crippen molar-refractivity contribution in [2.45, 2.75) is 33.1 Å². The van der Waals surface area contributed by atoms with Crippen LogP contribution in [0, 0.1) is 0 Å². The van der Waals surface area contributed by atoms with Gasteiger partial charge in [0.05, 0.1) is 5.75 Å². The number of sulfonamides is 1. The van der Waals surface area contributed by atoms with Crippen LogP contribution in [0.15, 0.2) is 4.42 Å². The number of hydrogen-bond acceptors (Lipinski definition) is 6. The Balaban J connectivity index is 1.92. The van der Waals surface area contributed by atoms with Crippen LogP contribution in [0.25, 0.3) is 0 Å². The van der Waals surface area contributed by atoms with Crippen LogP contribution in [0.2, 0.25) is 0 Å². The van der Waals surface area contributed by atoms with E-state index in [9.17, 15) is 8.42 Å². The van der Waals surface area contributed by atoms with E-state index in [0.29, 0.717) is 50.9 Å². The summed E-state index contributed by atoms with van der Waals surface area (Å²) in [5.74, 6) is 0.849. The van der Waals surface area contributed by atoms with Gasteiger partial charge in [-0.3, -0.25) is 0 Å². The highest BCUT2D eigenvalue weighted by atomic mass is 32.2. The first-order valence-electron chi connectivity index (χ1n) is 7.12. The van der Waals surface area contributed by atoms with Gasteiger partial charge in [-0.05, 0) is 6.42 Å². The molecule has 0 N–H and O–H groups in total. The average molecular weight is 302 g/mol. The smallest absolute Gasteiger partial charge is 0.318 e. The monoisotopic (exact) mass is 302 g/mol. The summed E-state index contributed by atoms with van der Waals surface area (Å²) in [5, 5.41) is 7.92. The molecule has 8 heteroatoms. The van der Waals surface area contributed by atoms with Crippen molar-refractivity contribution >= 4 is 16.0 Å². The summed E-state index contributed by atoms with van der Waals surface area (Å²) in [6.07, 6.45) is 2.31. The Morgan fingerprint density at radius 2 is 1.85 bits per heavy atom. The fourth-order valence-electron chi connectivity index (χ4n) is 2.13. The van der Waals surface area contributed by atoms with Crippen molar-refractivity contribution < 1.29 is 12.8 Å². The third kappa shape index (κ3) is 3.49. The fourth-order valence-corrected chi connectivity index (χ4v) is 3.76. The Morgan fingerprint density at radius 3 is 2.40 bits per heavy atom. The van der Waals surface area contributed by atoms with Crippen LogP contribution in [0.4, 0.5) is 6.01 Å². The molecule has 0 aromatic carbocycles. The molecule has 0 bridgehead atoms. The second-order valence-electron chi connectivity index (χ2n) is 4.89. The van der Waals surface area contributed by atoms with E-state index in [1.165, 1.54) is 0 Å². The highest BCUT2D eigenvalue weighted by Gasteiger charge is 2.28. The van der Waals surface area contributed by atoms with Gasteiger partial charge in [-0.1, -0.05) is 25.4 Å². The van der Waals surface area contributed by atoms with E-state index in [-0.39, 0.29) is 5.75 Å². The van der Waals surface area contributed by atoms with Gasteiger partial charge in [-0.25, -0.2) is 8.42 Å². The molecule has 1 fully saturated rings. The standard InChI is InChI=1S/C12H22N4O3S/c1-3-5-10-20(17,18)16-8-6-15(7-9-16)12-14-13-11(4-2)19-12/h3-10H2,1-2H3. The van der Waals surface area contributed by atoms with Gasteiger partial charge in [0.25, 0.3) is 0 Å². The third-order valence-electron chi connectivity index (χ3n) is 3.42. The summed E-state index contributed by atoms with van der Waals surface area (Å²) in [7, 11) is -3.11. The van der Waals surface area contributed by atoms with Crippen LogP contribution in [0.1, 0.15) is 32.6 Å². The van der Waals surface area contributed by atoms with E-state index in [2.05, 4.69) is 10.2 Å². The zero-order valence-corrected chi connectivity index (χ0v) is 12.9. The average Bonchev–Trinajstić information content (AvgIpc) is 2.94. The maximum absolute atomic E-state index is 12.1. The summed E-state index contributed by atoms with van der Waals surface area (Å²) in [4.78, 5) is 1.94. The summed E-state index contributed by atoms with van der Waals surface area (Å²) in [5.41, 5.74) is 0. The molecular weight excluding hydrogens is 280 g/mol. The van der Waals surface area contributed by atoms with Crippen molar-refractivity contribution in [3.05, 3.63) is 5.89 Å². The van der Waals surface area contributed by atoms with Crippen molar-refractivity contribution in [1.82, 2.24) is 14.5 Å². The van der Waals surface area contributed by atoms with Gasteiger partial charge in [0, 0.05) is 32.6 Å². The van der Waals surface area contributed by atoms with Crippen LogP contribution in [-0.4, -0.2) is 54.9 Å². The number of aromatic nitrogens is 2. The van der Waals surface area contributed by atoms with Crippen molar-refractivity contribution in [2.24, 2.45) is 0 Å². The molecule has 0 radical (unpaired) electrons. The van der Waals surface area contributed by atoms with Crippen molar-refractivity contribution in [1.29, 1.82) is 0 Å². The molecule has 7 nitrogen and oxygen atoms in total. The molecule has 0 spiro atoms. The zero-order chi connectivity index (χ0) is 14.6. The van der Waals surface area contributed by atoms with Gasteiger partial charge < -0.3 is 9.32 Å². The SMILES string of the molecule is CCCCS(=O)(=O)N1CCN(c2nnc(CC)o2)CC1. The summed E-state index contributed by atoms with van der Waals surface area (Å²) >= 11 is 0. The molecule has 1 aliphatic heterocycles. The molecule has 2 heterocycles. The molecule has 1 aromatic rings. The number of nitrogens with zero attached hydrogens (tertiary/aromatic N) is 4. The summed E-state index contributed by atoms with van der Waals surface area (Å²) in [6, 6.07) is 0.493. The van der Waals surface area contributed by atoms with E-state index in [4.69, 9.17) is 4.42 Å².